The molecule has 5 rings (SSSR count). The highest BCUT2D eigenvalue weighted by molar-refractivity contribution is 9.10. The average Bonchev–Trinajstić information content (AvgIpc) is 3.32. The number of fused-ring (bicyclic) bond motifs is 3. The predicted molar refractivity (Wildman–Crippen MR) is 107 cm³/mol. The zero-order valence-corrected chi connectivity index (χ0v) is 15.8. The molecule has 26 heavy (non-hydrogen) atoms. The molecular formula is C20H11BrN2O2S. The summed E-state index contributed by atoms with van der Waals surface area (Å²) in [6.45, 7) is 0. The molecule has 5 aromatic rings. The second kappa shape index (κ2) is 5.93. The number of furan rings is 1. The summed E-state index contributed by atoms with van der Waals surface area (Å²) in [6, 6.07) is 19.3. The Kier molecular flexibility index (Phi) is 3.55. The van der Waals surface area contributed by atoms with Gasteiger partial charge in [-0.2, -0.15) is 0 Å². The van der Waals surface area contributed by atoms with Crippen LogP contribution in [0, 0.1) is 0 Å². The number of aromatic nitrogens is 2. The highest BCUT2D eigenvalue weighted by Gasteiger charge is 2.11. The van der Waals surface area contributed by atoms with Gasteiger partial charge >= 0.3 is 0 Å². The lowest BCUT2D eigenvalue weighted by molar-refractivity contribution is 0.571. The molecule has 0 aliphatic carbocycles. The molecule has 0 aliphatic heterocycles. The summed E-state index contributed by atoms with van der Waals surface area (Å²) in [6.07, 6.45) is 1.77. The van der Waals surface area contributed by atoms with Crippen LogP contribution in [0.4, 0.5) is 0 Å². The number of hydrogen-bond acceptors (Lipinski definition) is 4. The van der Waals surface area contributed by atoms with E-state index in [2.05, 4.69) is 20.9 Å². The average molecular weight is 423 g/mol. The third-order valence-electron chi connectivity index (χ3n) is 4.18. The molecule has 0 aliphatic rings. The maximum atomic E-state index is 12.8. The molecule has 0 N–H and O–H groups in total. The maximum absolute atomic E-state index is 12.8. The van der Waals surface area contributed by atoms with Gasteiger partial charge in [-0.1, -0.05) is 57.6 Å². The third-order valence-corrected chi connectivity index (χ3v) is 5.84. The number of thiazole rings is 1. The first kappa shape index (κ1) is 15.5. The van der Waals surface area contributed by atoms with Gasteiger partial charge in [0.05, 0.1) is 11.0 Å². The van der Waals surface area contributed by atoms with Gasteiger partial charge in [-0.15, -0.1) is 0 Å². The molecule has 0 bridgehead atoms. The van der Waals surface area contributed by atoms with Crippen LogP contribution in [0.5, 0.6) is 0 Å². The molecule has 0 spiro atoms. The van der Waals surface area contributed by atoms with Gasteiger partial charge in [-0.3, -0.25) is 4.79 Å². The number of rotatable bonds is 2. The van der Waals surface area contributed by atoms with Crippen LogP contribution in [-0.2, 0) is 0 Å². The fourth-order valence-corrected chi connectivity index (χ4v) is 4.42. The fraction of sp³-hybridized carbons (Fsp3) is 0. The first-order chi connectivity index (χ1) is 12.7. The maximum Gasteiger partial charge on any atom is 0.275 e. The summed E-state index contributed by atoms with van der Waals surface area (Å²) in [5.74, 6) is 1.39. The molecule has 2 aromatic carbocycles. The van der Waals surface area contributed by atoms with E-state index < -0.39 is 0 Å². The van der Waals surface area contributed by atoms with Crippen molar-refractivity contribution >= 4 is 49.3 Å². The third kappa shape index (κ3) is 2.41. The SMILES string of the molecule is O=c1c(=Cc2ccc(-c3ccccc3Br)o2)sc2nc3ccccc3n12. The van der Waals surface area contributed by atoms with Crippen molar-refractivity contribution in [2.75, 3.05) is 0 Å². The Morgan fingerprint density at radius 3 is 2.73 bits per heavy atom. The van der Waals surface area contributed by atoms with E-state index in [0.29, 0.717) is 15.3 Å². The van der Waals surface area contributed by atoms with E-state index in [0.717, 1.165) is 26.8 Å². The minimum atomic E-state index is -0.0717. The molecule has 0 saturated heterocycles. The van der Waals surface area contributed by atoms with E-state index in [-0.39, 0.29) is 5.56 Å². The van der Waals surface area contributed by atoms with Gasteiger partial charge < -0.3 is 4.42 Å². The van der Waals surface area contributed by atoms with E-state index in [1.807, 2.05) is 60.7 Å². The molecule has 0 atom stereocenters. The smallest absolute Gasteiger partial charge is 0.275 e. The van der Waals surface area contributed by atoms with Crippen molar-refractivity contribution in [3.63, 3.8) is 0 Å². The Labute approximate surface area is 160 Å². The van der Waals surface area contributed by atoms with Gasteiger partial charge in [0.15, 0.2) is 4.96 Å². The first-order valence-electron chi connectivity index (χ1n) is 7.97. The molecule has 6 heteroatoms. The molecule has 0 unspecified atom stereocenters. The van der Waals surface area contributed by atoms with Crippen molar-refractivity contribution in [3.8, 4) is 11.3 Å². The van der Waals surface area contributed by atoms with Crippen LogP contribution in [0.2, 0.25) is 0 Å². The lowest BCUT2D eigenvalue weighted by Crippen LogP contribution is -2.22. The minimum absolute atomic E-state index is 0.0717. The number of nitrogens with zero attached hydrogens (tertiary/aromatic N) is 2. The number of benzene rings is 2. The van der Waals surface area contributed by atoms with Crippen LogP contribution in [0.15, 0.2) is 74.3 Å². The highest BCUT2D eigenvalue weighted by atomic mass is 79.9. The van der Waals surface area contributed by atoms with E-state index in [1.165, 1.54) is 11.3 Å². The normalized spacial score (nSPS) is 12.4. The standard InChI is InChI=1S/C20H11BrN2O2S/c21-14-6-2-1-5-13(14)17-10-9-12(25-17)11-18-19(24)23-16-8-4-3-7-15(16)22-20(23)26-18/h1-11H. The number of halogens is 1. The monoisotopic (exact) mass is 422 g/mol. The second-order valence-electron chi connectivity index (χ2n) is 5.82. The Morgan fingerprint density at radius 1 is 1.04 bits per heavy atom. The molecule has 3 heterocycles. The molecule has 126 valence electrons. The summed E-state index contributed by atoms with van der Waals surface area (Å²) < 4.78 is 9.15. The summed E-state index contributed by atoms with van der Waals surface area (Å²) in [4.78, 5) is 18.0. The Balaban J connectivity index is 1.65. The highest BCUT2D eigenvalue weighted by Crippen LogP contribution is 2.29. The molecule has 3 aromatic heterocycles. The number of hydrogen-bond donors (Lipinski definition) is 0. The van der Waals surface area contributed by atoms with Gasteiger partial charge in [-0.05, 0) is 30.3 Å². The summed E-state index contributed by atoms with van der Waals surface area (Å²) >= 11 is 4.90. The fourth-order valence-electron chi connectivity index (χ4n) is 2.98. The molecule has 0 saturated carbocycles. The molecule has 0 amide bonds. The zero-order valence-electron chi connectivity index (χ0n) is 13.3. The Bertz CT molecular complexity index is 1380. The summed E-state index contributed by atoms with van der Waals surface area (Å²) in [5, 5.41) is 0. The lowest BCUT2D eigenvalue weighted by atomic mass is 10.2. The van der Waals surface area contributed by atoms with E-state index in [4.69, 9.17) is 4.42 Å². The van der Waals surface area contributed by atoms with Crippen molar-refractivity contribution in [2.24, 2.45) is 0 Å². The van der Waals surface area contributed by atoms with Gasteiger partial charge in [0.2, 0.25) is 0 Å². The topological polar surface area (TPSA) is 47.5 Å². The molecule has 0 radical (unpaired) electrons. The summed E-state index contributed by atoms with van der Waals surface area (Å²) in [7, 11) is 0. The second-order valence-corrected chi connectivity index (χ2v) is 7.68. The van der Waals surface area contributed by atoms with Crippen molar-refractivity contribution in [2.45, 2.75) is 0 Å². The predicted octanol–water partition coefficient (Wildman–Crippen LogP) is 4.48. The molecule has 0 fully saturated rings. The number of para-hydroxylation sites is 2. The van der Waals surface area contributed by atoms with Gasteiger partial charge in [0, 0.05) is 16.1 Å². The van der Waals surface area contributed by atoms with Gasteiger partial charge in [0.25, 0.3) is 5.56 Å². The Morgan fingerprint density at radius 2 is 1.85 bits per heavy atom. The van der Waals surface area contributed by atoms with Crippen LogP contribution in [0.1, 0.15) is 5.76 Å². The van der Waals surface area contributed by atoms with Crippen LogP contribution in [0.25, 0.3) is 33.4 Å². The van der Waals surface area contributed by atoms with Crippen LogP contribution in [-0.4, -0.2) is 9.38 Å². The quantitative estimate of drug-likeness (QED) is 0.421. The van der Waals surface area contributed by atoms with Crippen LogP contribution in [0.3, 0.4) is 0 Å². The van der Waals surface area contributed by atoms with E-state index in [1.54, 1.807) is 10.5 Å². The van der Waals surface area contributed by atoms with Crippen LogP contribution >= 0.6 is 27.3 Å². The lowest BCUT2D eigenvalue weighted by Gasteiger charge is -1.99. The first-order valence-corrected chi connectivity index (χ1v) is 9.58. The molecule has 4 nitrogen and oxygen atoms in total. The molecular weight excluding hydrogens is 412 g/mol. The number of imidazole rings is 1. The largest absolute Gasteiger partial charge is 0.457 e. The van der Waals surface area contributed by atoms with Crippen molar-refractivity contribution in [3.05, 3.63) is 85.8 Å². The minimum Gasteiger partial charge on any atom is -0.457 e. The summed E-state index contributed by atoms with van der Waals surface area (Å²) in [5.41, 5.74) is 2.56. The van der Waals surface area contributed by atoms with Crippen molar-refractivity contribution in [1.29, 1.82) is 0 Å². The van der Waals surface area contributed by atoms with E-state index in [9.17, 15) is 4.79 Å². The van der Waals surface area contributed by atoms with E-state index >= 15 is 0 Å². The van der Waals surface area contributed by atoms with Gasteiger partial charge in [-0.25, -0.2) is 9.38 Å². The zero-order chi connectivity index (χ0) is 17.7. The van der Waals surface area contributed by atoms with Crippen molar-refractivity contribution in [1.82, 2.24) is 9.38 Å². The van der Waals surface area contributed by atoms with Crippen molar-refractivity contribution < 1.29 is 4.42 Å². The Hall–Kier alpha value is -2.70. The van der Waals surface area contributed by atoms with Gasteiger partial charge in [0.1, 0.15) is 16.1 Å². The van der Waals surface area contributed by atoms with Crippen LogP contribution < -0.4 is 10.1 Å².